The maximum absolute atomic E-state index is 12.3. The molecule has 3 aromatic rings. The Labute approximate surface area is 142 Å². The molecule has 1 aromatic heterocycles. The molecule has 7 heteroatoms. The van der Waals surface area contributed by atoms with Crippen molar-refractivity contribution in [1.29, 1.82) is 0 Å². The van der Waals surface area contributed by atoms with Crippen LogP contribution in [0, 0.1) is 0 Å². The van der Waals surface area contributed by atoms with Crippen LogP contribution in [0.4, 0.5) is 0 Å². The predicted octanol–water partition coefficient (Wildman–Crippen LogP) is 1.01. The van der Waals surface area contributed by atoms with Crippen molar-refractivity contribution in [3.8, 4) is 5.75 Å². The predicted molar refractivity (Wildman–Crippen MR) is 93.7 cm³/mol. The van der Waals surface area contributed by atoms with Gasteiger partial charge in [0.25, 0.3) is 5.56 Å². The molecule has 0 saturated heterocycles. The lowest BCUT2D eigenvalue weighted by Gasteiger charge is -2.11. The molecule has 128 valence electrons. The summed E-state index contributed by atoms with van der Waals surface area (Å²) < 4.78 is 6.48. The summed E-state index contributed by atoms with van der Waals surface area (Å²) >= 11 is 0. The van der Waals surface area contributed by atoms with Crippen molar-refractivity contribution in [1.82, 2.24) is 14.9 Å². The maximum atomic E-state index is 12.3. The molecule has 25 heavy (non-hydrogen) atoms. The molecule has 0 radical (unpaired) electrons. The summed E-state index contributed by atoms with van der Waals surface area (Å²) in [5, 5.41) is 3.12. The van der Waals surface area contributed by atoms with Crippen LogP contribution in [0.3, 0.4) is 0 Å². The van der Waals surface area contributed by atoms with Crippen LogP contribution < -0.4 is 21.3 Å². The van der Waals surface area contributed by atoms with Crippen molar-refractivity contribution in [3.05, 3.63) is 74.9 Å². The van der Waals surface area contributed by atoms with E-state index in [9.17, 15) is 14.4 Å². The number of ether oxygens (including phenoxy) is 1. The summed E-state index contributed by atoms with van der Waals surface area (Å²) in [7, 11) is 1.56. The highest BCUT2D eigenvalue weighted by molar-refractivity contribution is 5.81. The van der Waals surface area contributed by atoms with Crippen LogP contribution in [0.25, 0.3) is 10.9 Å². The molecule has 0 fully saturated rings. The van der Waals surface area contributed by atoms with Crippen LogP contribution in [0.5, 0.6) is 5.75 Å². The third-order valence-corrected chi connectivity index (χ3v) is 3.88. The fraction of sp³-hybridized carbons (Fsp3) is 0.167. The van der Waals surface area contributed by atoms with E-state index in [2.05, 4.69) is 10.3 Å². The highest BCUT2D eigenvalue weighted by atomic mass is 16.5. The Morgan fingerprint density at radius 3 is 2.64 bits per heavy atom. The summed E-state index contributed by atoms with van der Waals surface area (Å²) in [6, 6.07) is 14.0. The maximum Gasteiger partial charge on any atom is 0.329 e. The number of carbonyl (C=O) groups is 1. The minimum absolute atomic E-state index is 0.189. The average Bonchev–Trinajstić information content (AvgIpc) is 2.63. The number of nitrogens with one attached hydrogen (secondary N) is 2. The van der Waals surface area contributed by atoms with E-state index in [4.69, 9.17) is 4.74 Å². The first-order chi connectivity index (χ1) is 12.1. The van der Waals surface area contributed by atoms with E-state index in [0.29, 0.717) is 16.7 Å². The summed E-state index contributed by atoms with van der Waals surface area (Å²) in [6.07, 6.45) is 0. The van der Waals surface area contributed by atoms with Gasteiger partial charge in [-0.05, 0) is 18.2 Å². The Kier molecular flexibility index (Phi) is 4.65. The van der Waals surface area contributed by atoms with Crippen molar-refractivity contribution in [2.45, 2.75) is 13.1 Å². The van der Waals surface area contributed by atoms with Crippen LogP contribution in [-0.4, -0.2) is 22.6 Å². The minimum Gasteiger partial charge on any atom is -0.496 e. The van der Waals surface area contributed by atoms with Crippen molar-refractivity contribution in [2.24, 2.45) is 0 Å². The molecule has 7 nitrogen and oxygen atoms in total. The lowest BCUT2D eigenvalue weighted by molar-refractivity contribution is -0.121. The first kappa shape index (κ1) is 16.5. The molecule has 2 aromatic carbocycles. The topological polar surface area (TPSA) is 93.2 Å². The van der Waals surface area contributed by atoms with Gasteiger partial charge in [0.05, 0.1) is 18.0 Å². The van der Waals surface area contributed by atoms with E-state index >= 15 is 0 Å². The number of aromatic nitrogens is 2. The zero-order valence-corrected chi connectivity index (χ0v) is 13.6. The monoisotopic (exact) mass is 339 g/mol. The zero-order chi connectivity index (χ0) is 17.8. The van der Waals surface area contributed by atoms with Crippen molar-refractivity contribution >= 4 is 16.8 Å². The number of nitrogens with zero attached hydrogens (tertiary/aromatic N) is 1. The molecule has 0 saturated carbocycles. The largest absolute Gasteiger partial charge is 0.496 e. The number of hydrogen-bond acceptors (Lipinski definition) is 4. The van der Waals surface area contributed by atoms with Crippen molar-refractivity contribution in [2.75, 3.05) is 7.11 Å². The van der Waals surface area contributed by atoms with Gasteiger partial charge in [-0.1, -0.05) is 30.3 Å². The Hall–Kier alpha value is -3.35. The number of rotatable bonds is 5. The van der Waals surface area contributed by atoms with Gasteiger partial charge in [-0.15, -0.1) is 0 Å². The third kappa shape index (κ3) is 3.45. The third-order valence-electron chi connectivity index (χ3n) is 3.88. The smallest absolute Gasteiger partial charge is 0.329 e. The molecular formula is C18H17N3O4. The minimum atomic E-state index is -0.615. The first-order valence-electron chi connectivity index (χ1n) is 7.70. The molecule has 1 heterocycles. The molecular weight excluding hydrogens is 322 g/mol. The van der Waals surface area contributed by atoms with Gasteiger partial charge in [0, 0.05) is 12.1 Å². The number of para-hydroxylation sites is 2. The fourth-order valence-electron chi connectivity index (χ4n) is 2.64. The van der Waals surface area contributed by atoms with Gasteiger partial charge in [0.2, 0.25) is 5.91 Å². The molecule has 0 spiro atoms. The highest BCUT2D eigenvalue weighted by Crippen LogP contribution is 2.16. The van der Waals surface area contributed by atoms with Crippen LogP contribution in [0.15, 0.2) is 58.1 Å². The molecule has 3 rings (SSSR count). The molecule has 2 N–H and O–H groups in total. The Bertz CT molecular complexity index is 1040. The molecule has 1 amide bonds. The number of amides is 1. The summed E-state index contributed by atoms with van der Waals surface area (Å²) in [5.74, 6) is 0.333. The van der Waals surface area contributed by atoms with Gasteiger partial charge >= 0.3 is 5.69 Å². The number of benzene rings is 2. The van der Waals surface area contributed by atoms with Crippen molar-refractivity contribution < 1.29 is 9.53 Å². The number of H-pyrrole nitrogens is 1. The SMILES string of the molecule is COc1ccccc1CNC(=O)Cn1c(=O)[nH]c(=O)c2ccccc21. The number of carbonyl (C=O) groups excluding carboxylic acids is 1. The van der Waals surface area contributed by atoms with E-state index in [0.717, 1.165) is 5.56 Å². The van der Waals surface area contributed by atoms with Gasteiger partial charge in [0.15, 0.2) is 0 Å². The molecule has 0 unspecified atom stereocenters. The van der Waals surface area contributed by atoms with Crippen LogP contribution >= 0.6 is 0 Å². The number of methoxy groups -OCH3 is 1. The summed E-state index contributed by atoms with van der Waals surface area (Å²) in [5.41, 5.74) is 0.170. The van der Waals surface area contributed by atoms with Crippen LogP contribution in [0.1, 0.15) is 5.56 Å². The molecule has 0 atom stereocenters. The average molecular weight is 339 g/mol. The Morgan fingerprint density at radius 1 is 1.12 bits per heavy atom. The number of hydrogen-bond donors (Lipinski definition) is 2. The molecule has 0 aliphatic heterocycles. The Morgan fingerprint density at radius 2 is 1.84 bits per heavy atom. The highest BCUT2D eigenvalue weighted by Gasteiger charge is 2.11. The van der Waals surface area contributed by atoms with Gasteiger partial charge in [0.1, 0.15) is 12.3 Å². The van der Waals surface area contributed by atoms with Gasteiger partial charge < -0.3 is 10.1 Å². The standard InChI is InChI=1S/C18H17N3O4/c1-25-15-9-5-2-6-12(15)10-19-16(22)11-21-14-8-4-3-7-13(14)17(23)20-18(21)24/h2-9H,10-11H2,1H3,(H,19,22)(H,20,23,24). The normalized spacial score (nSPS) is 10.6. The first-order valence-corrected chi connectivity index (χ1v) is 7.70. The molecule has 0 bridgehead atoms. The van der Waals surface area contributed by atoms with E-state index in [1.54, 1.807) is 37.4 Å². The van der Waals surface area contributed by atoms with Crippen LogP contribution in [0.2, 0.25) is 0 Å². The van der Waals surface area contributed by atoms with Gasteiger partial charge in [-0.2, -0.15) is 0 Å². The molecule has 0 aliphatic carbocycles. The van der Waals surface area contributed by atoms with E-state index in [-0.39, 0.29) is 19.0 Å². The van der Waals surface area contributed by atoms with E-state index < -0.39 is 11.2 Å². The van der Waals surface area contributed by atoms with E-state index in [1.807, 2.05) is 18.2 Å². The quantitative estimate of drug-likeness (QED) is 0.726. The second kappa shape index (κ2) is 7.04. The second-order valence-corrected chi connectivity index (χ2v) is 5.45. The van der Waals surface area contributed by atoms with Crippen LogP contribution in [-0.2, 0) is 17.9 Å². The van der Waals surface area contributed by atoms with Crippen molar-refractivity contribution in [3.63, 3.8) is 0 Å². The summed E-state index contributed by atoms with van der Waals surface area (Å²) in [4.78, 5) is 38.4. The second-order valence-electron chi connectivity index (χ2n) is 5.45. The lowest BCUT2D eigenvalue weighted by Crippen LogP contribution is -2.36. The fourth-order valence-corrected chi connectivity index (χ4v) is 2.64. The van der Waals surface area contributed by atoms with E-state index in [1.165, 1.54) is 4.57 Å². The zero-order valence-electron chi connectivity index (χ0n) is 13.6. The number of fused-ring (bicyclic) bond motifs is 1. The van der Waals surface area contributed by atoms with Gasteiger partial charge in [-0.25, -0.2) is 4.79 Å². The lowest BCUT2D eigenvalue weighted by atomic mass is 10.2. The number of aromatic amines is 1. The Balaban J connectivity index is 1.81. The molecule has 0 aliphatic rings. The summed E-state index contributed by atoms with van der Waals surface area (Å²) in [6.45, 7) is 0.0875. The van der Waals surface area contributed by atoms with Gasteiger partial charge in [-0.3, -0.25) is 19.1 Å².